The second kappa shape index (κ2) is 17.4. The second-order valence-corrected chi connectivity index (χ2v) is 21.0. The van der Waals surface area contributed by atoms with E-state index in [2.05, 4.69) is 275 Å². The van der Waals surface area contributed by atoms with Crippen molar-refractivity contribution in [2.24, 2.45) is 0 Å². The lowest BCUT2D eigenvalue weighted by molar-refractivity contribution is 0.660. The van der Waals surface area contributed by atoms with Gasteiger partial charge in [-0.1, -0.05) is 244 Å². The van der Waals surface area contributed by atoms with Crippen molar-refractivity contribution >= 4 is 21.9 Å². The zero-order valence-corrected chi connectivity index (χ0v) is 42.6. The second-order valence-electron chi connectivity index (χ2n) is 21.0. The molecular formula is C73H49N3O. The van der Waals surface area contributed by atoms with Gasteiger partial charge >= 0.3 is 0 Å². The molecular weight excluding hydrogens is 935 g/mol. The lowest BCUT2D eigenvalue weighted by Crippen LogP contribution is -2.29. The number of aromatic nitrogens is 3. The highest BCUT2D eigenvalue weighted by molar-refractivity contribution is 6.13. The molecule has 77 heavy (non-hydrogen) atoms. The predicted octanol–water partition coefficient (Wildman–Crippen LogP) is 18.4. The van der Waals surface area contributed by atoms with E-state index < -0.39 is 5.41 Å². The Kier molecular flexibility index (Phi) is 10.1. The first-order valence-corrected chi connectivity index (χ1v) is 26.5. The third kappa shape index (κ3) is 6.95. The summed E-state index contributed by atoms with van der Waals surface area (Å²) in [5, 5.41) is 1.95. The van der Waals surface area contributed by atoms with E-state index in [9.17, 15) is 0 Å². The molecule has 2 aromatic heterocycles. The van der Waals surface area contributed by atoms with E-state index in [0.29, 0.717) is 17.5 Å². The fourth-order valence-corrected chi connectivity index (χ4v) is 12.8. The SMILES string of the molecule is CC1(C)c2ccccc2-c2ccc(-c3nc(-c4ccccc4C4(c5ccccc5)c5ccccc5-c5ccccc54)nc(-c4cccc5oc6ccc(-c7cccc(-c8ccc(-c9ccccc9)cc8)c7)cc6c45)n3)cc21. The Morgan fingerprint density at radius 3 is 1.42 bits per heavy atom. The Morgan fingerprint density at radius 1 is 0.286 bits per heavy atom. The molecule has 13 aromatic rings. The van der Waals surface area contributed by atoms with Gasteiger partial charge < -0.3 is 4.42 Å². The van der Waals surface area contributed by atoms with Crippen LogP contribution in [-0.2, 0) is 10.8 Å². The molecule has 0 N–H and O–H groups in total. The Morgan fingerprint density at radius 2 is 0.727 bits per heavy atom. The molecule has 2 aliphatic carbocycles. The number of rotatable bonds is 8. The summed E-state index contributed by atoms with van der Waals surface area (Å²) in [6.45, 7) is 4.64. The number of fused-ring (bicyclic) bond motifs is 9. The van der Waals surface area contributed by atoms with Crippen molar-refractivity contribution in [3.8, 4) is 89.8 Å². The maximum atomic E-state index is 6.72. The van der Waals surface area contributed by atoms with Crippen molar-refractivity contribution in [3.05, 3.63) is 294 Å². The molecule has 0 aliphatic heterocycles. The zero-order valence-electron chi connectivity index (χ0n) is 42.6. The first kappa shape index (κ1) is 44.7. The number of nitrogens with zero attached hydrogens (tertiary/aromatic N) is 3. The van der Waals surface area contributed by atoms with Gasteiger partial charge in [0, 0.05) is 32.9 Å². The summed E-state index contributed by atoms with van der Waals surface area (Å²) in [6.07, 6.45) is 0. The highest BCUT2D eigenvalue weighted by atomic mass is 16.3. The number of benzene rings is 11. The molecule has 0 saturated carbocycles. The van der Waals surface area contributed by atoms with Crippen LogP contribution in [0.3, 0.4) is 0 Å². The van der Waals surface area contributed by atoms with Crippen molar-refractivity contribution in [1.29, 1.82) is 0 Å². The largest absolute Gasteiger partial charge is 0.456 e. The third-order valence-electron chi connectivity index (χ3n) is 16.5. The Bertz CT molecular complexity index is 4430. The van der Waals surface area contributed by atoms with Gasteiger partial charge in [-0.3, -0.25) is 0 Å². The molecule has 0 spiro atoms. The number of hydrogen-bond donors (Lipinski definition) is 0. The zero-order chi connectivity index (χ0) is 51.2. The van der Waals surface area contributed by atoms with Crippen molar-refractivity contribution in [2.45, 2.75) is 24.7 Å². The Hall–Kier alpha value is -9.77. The monoisotopic (exact) mass is 983 g/mol. The van der Waals surface area contributed by atoms with Gasteiger partial charge in [0.15, 0.2) is 17.5 Å². The van der Waals surface area contributed by atoms with Gasteiger partial charge in [-0.05, 0) is 119 Å². The summed E-state index contributed by atoms with van der Waals surface area (Å²) in [5.74, 6) is 1.78. The molecule has 0 saturated heterocycles. The van der Waals surface area contributed by atoms with Crippen LogP contribution in [-0.4, -0.2) is 15.0 Å². The minimum atomic E-state index is -0.679. The first-order valence-electron chi connectivity index (χ1n) is 26.5. The molecule has 0 fully saturated rings. The molecule has 362 valence electrons. The molecule has 15 rings (SSSR count). The third-order valence-corrected chi connectivity index (χ3v) is 16.5. The van der Waals surface area contributed by atoms with Crippen molar-refractivity contribution < 1.29 is 4.42 Å². The van der Waals surface area contributed by atoms with Crippen LogP contribution >= 0.6 is 0 Å². The van der Waals surface area contributed by atoms with Gasteiger partial charge in [0.1, 0.15) is 11.2 Å². The van der Waals surface area contributed by atoms with E-state index in [1.807, 2.05) is 0 Å². The fourth-order valence-electron chi connectivity index (χ4n) is 12.8. The van der Waals surface area contributed by atoms with Gasteiger partial charge in [0.05, 0.1) is 5.41 Å². The molecule has 2 heterocycles. The number of hydrogen-bond acceptors (Lipinski definition) is 4. The minimum absolute atomic E-state index is 0.218. The van der Waals surface area contributed by atoms with E-state index >= 15 is 0 Å². The van der Waals surface area contributed by atoms with Crippen LogP contribution in [0.15, 0.2) is 265 Å². The van der Waals surface area contributed by atoms with Crippen LogP contribution in [0.4, 0.5) is 0 Å². The van der Waals surface area contributed by atoms with Crippen molar-refractivity contribution in [3.63, 3.8) is 0 Å². The van der Waals surface area contributed by atoms with E-state index in [0.717, 1.165) is 60.9 Å². The van der Waals surface area contributed by atoms with Crippen molar-refractivity contribution in [2.75, 3.05) is 0 Å². The summed E-state index contributed by atoms with van der Waals surface area (Å²) >= 11 is 0. The van der Waals surface area contributed by atoms with Gasteiger partial charge in [-0.2, -0.15) is 0 Å². The van der Waals surface area contributed by atoms with E-state index in [1.54, 1.807) is 0 Å². The summed E-state index contributed by atoms with van der Waals surface area (Å²) in [4.78, 5) is 16.7. The Balaban J connectivity index is 0.930. The fraction of sp³-hybridized carbons (Fsp3) is 0.0548. The number of furan rings is 1. The smallest absolute Gasteiger partial charge is 0.164 e. The van der Waals surface area contributed by atoms with E-state index in [-0.39, 0.29) is 5.41 Å². The van der Waals surface area contributed by atoms with Crippen LogP contribution in [0.2, 0.25) is 0 Å². The highest BCUT2D eigenvalue weighted by Gasteiger charge is 2.47. The first-order chi connectivity index (χ1) is 37.9. The molecule has 11 aromatic carbocycles. The summed E-state index contributed by atoms with van der Waals surface area (Å²) in [7, 11) is 0. The van der Waals surface area contributed by atoms with Gasteiger partial charge in [0.25, 0.3) is 0 Å². The standard InChI is InChI=1S/C73H49N3O/c1-72(2)61-30-13-9-25-54(61)57-41-39-52(45-65(57)72)69-74-70(58-28-12-16-33-64(58)73(53-23-7-4-8-24-53)62-31-14-10-26-55(62)56-27-11-15-32-63(56)73)76-71(75-69)59-29-18-34-67-68(59)60-44-51(40-42-66(60)77-67)50-22-17-21-49(43-50)48-37-35-47(36-38-48)46-19-5-3-6-20-46/h3-45H,1-2H3. The normalized spacial score (nSPS) is 13.5. The van der Waals surface area contributed by atoms with Crippen LogP contribution in [0.25, 0.3) is 112 Å². The summed E-state index contributed by atoms with van der Waals surface area (Å²) in [6, 6.07) is 93.9. The summed E-state index contributed by atoms with van der Waals surface area (Å²) in [5.41, 5.74) is 22.6. The molecule has 0 amide bonds. The molecule has 0 bridgehead atoms. The highest BCUT2D eigenvalue weighted by Crippen LogP contribution is 2.58. The maximum absolute atomic E-state index is 6.72. The van der Waals surface area contributed by atoms with Crippen molar-refractivity contribution in [1.82, 2.24) is 15.0 Å². The van der Waals surface area contributed by atoms with Crippen LogP contribution in [0, 0.1) is 0 Å². The van der Waals surface area contributed by atoms with Crippen LogP contribution < -0.4 is 0 Å². The lowest BCUT2D eigenvalue weighted by Gasteiger charge is -2.35. The average Bonchev–Trinajstić information content (AvgIpc) is 4.33. The van der Waals surface area contributed by atoms with E-state index in [1.165, 1.54) is 66.8 Å². The molecule has 0 unspecified atom stereocenters. The van der Waals surface area contributed by atoms with Gasteiger partial charge in [-0.25, -0.2) is 15.0 Å². The van der Waals surface area contributed by atoms with Gasteiger partial charge in [-0.15, -0.1) is 0 Å². The van der Waals surface area contributed by atoms with E-state index in [4.69, 9.17) is 19.4 Å². The van der Waals surface area contributed by atoms with Gasteiger partial charge in [0.2, 0.25) is 0 Å². The Labute approximate surface area is 447 Å². The predicted molar refractivity (Wildman–Crippen MR) is 315 cm³/mol. The van der Waals surface area contributed by atoms with Crippen LogP contribution in [0.5, 0.6) is 0 Å². The molecule has 4 nitrogen and oxygen atoms in total. The molecule has 2 aliphatic rings. The minimum Gasteiger partial charge on any atom is -0.456 e. The summed E-state index contributed by atoms with van der Waals surface area (Å²) < 4.78 is 6.72. The quantitative estimate of drug-likeness (QED) is 0.152. The molecule has 0 radical (unpaired) electrons. The maximum Gasteiger partial charge on any atom is 0.164 e. The molecule has 0 atom stereocenters. The lowest BCUT2D eigenvalue weighted by atomic mass is 9.66. The topological polar surface area (TPSA) is 51.8 Å². The average molecular weight is 984 g/mol. The van der Waals surface area contributed by atoms with Crippen LogP contribution in [0.1, 0.15) is 47.2 Å². The molecule has 4 heteroatoms.